The lowest BCUT2D eigenvalue weighted by Crippen LogP contribution is -2.05. The van der Waals surface area contributed by atoms with Gasteiger partial charge in [0.25, 0.3) is 0 Å². The number of nitrogens with zero attached hydrogens (tertiary/aromatic N) is 1. The number of hydrogen-bond acceptors (Lipinski definition) is 4. The first-order valence-electron chi connectivity index (χ1n) is 4.29. The highest BCUT2D eigenvalue weighted by Crippen LogP contribution is 2.27. The first kappa shape index (κ1) is 11.0. The van der Waals surface area contributed by atoms with E-state index in [-0.39, 0.29) is 11.7 Å². The standard InChI is InChI=1S/C10H12N2O3/c1-7(13)12-9-4-3-8(5-10(9)14)11-6-15-2/h3-6,14H,1-2H3,(H,12,13). The van der Waals surface area contributed by atoms with Gasteiger partial charge in [-0.05, 0) is 12.1 Å². The average molecular weight is 208 g/mol. The molecular formula is C10H12N2O3. The largest absolute Gasteiger partial charge is 0.506 e. The molecule has 0 saturated heterocycles. The van der Waals surface area contributed by atoms with Gasteiger partial charge in [-0.3, -0.25) is 4.79 Å². The maximum atomic E-state index is 10.8. The van der Waals surface area contributed by atoms with Crippen LogP contribution in [0.15, 0.2) is 23.2 Å². The van der Waals surface area contributed by atoms with Crippen molar-refractivity contribution in [2.45, 2.75) is 6.92 Å². The highest BCUT2D eigenvalue weighted by molar-refractivity contribution is 5.90. The summed E-state index contributed by atoms with van der Waals surface area (Å²) in [6.45, 7) is 1.37. The number of anilines is 1. The molecule has 0 heterocycles. The zero-order valence-corrected chi connectivity index (χ0v) is 8.52. The van der Waals surface area contributed by atoms with Gasteiger partial charge < -0.3 is 15.2 Å². The van der Waals surface area contributed by atoms with E-state index in [4.69, 9.17) is 0 Å². The van der Waals surface area contributed by atoms with Crippen molar-refractivity contribution in [2.24, 2.45) is 4.99 Å². The molecule has 0 radical (unpaired) electrons. The molecule has 0 aliphatic rings. The molecule has 0 unspecified atom stereocenters. The summed E-state index contributed by atoms with van der Waals surface area (Å²) in [6.07, 6.45) is 1.26. The number of rotatable bonds is 3. The Kier molecular flexibility index (Phi) is 3.68. The quantitative estimate of drug-likeness (QED) is 0.450. The van der Waals surface area contributed by atoms with Crippen LogP contribution in [0.1, 0.15) is 6.92 Å². The van der Waals surface area contributed by atoms with Crippen LogP contribution in [0.4, 0.5) is 11.4 Å². The van der Waals surface area contributed by atoms with Crippen molar-refractivity contribution in [3.05, 3.63) is 18.2 Å². The van der Waals surface area contributed by atoms with Gasteiger partial charge >= 0.3 is 0 Å². The fourth-order valence-corrected chi connectivity index (χ4v) is 1.01. The second-order valence-electron chi connectivity index (χ2n) is 2.85. The van der Waals surface area contributed by atoms with Gasteiger partial charge in [-0.1, -0.05) is 0 Å². The minimum atomic E-state index is -0.238. The lowest BCUT2D eigenvalue weighted by atomic mass is 10.2. The molecule has 0 spiro atoms. The van der Waals surface area contributed by atoms with E-state index in [1.165, 1.54) is 26.5 Å². The molecular weight excluding hydrogens is 196 g/mol. The number of hydrogen-bond donors (Lipinski definition) is 2. The second kappa shape index (κ2) is 4.99. The number of nitrogens with one attached hydrogen (secondary N) is 1. The molecule has 2 N–H and O–H groups in total. The van der Waals surface area contributed by atoms with Gasteiger partial charge in [0, 0.05) is 13.0 Å². The minimum Gasteiger partial charge on any atom is -0.506 e. The lowest BCUT2D eigenvalue weighted by Gasteiger charge is -2.04. The van der Waals surface area contributed by atoms with E-state index < -0.39 is 0 Å². The molecule has 1 aromatic rings. The highest BCUT2D eigenvalue weighted by Gasteiger charge is 2.02. The lowest BCUT2D eigenvalue weighted by molar-refractivity contribution is -0.114. The third-order valence-electron chi connectivity index (χ3n) is 1.60. The predicted octanol–water partition coefficient (Wildman–Crippen LogP) is 1.66. The van der Waals surface area contributed by atoms with Gasteiger partial charge in [-0.25, -0.2) is 4.99 Å². The zero-order valence-electron chi connectivity index (χ0n) is 8.52. The van der Waals surface area contributed by atoms with Crippen LogP contribution in [0.3, 0.4) is 0 Å². The number of methoxy groups -OCH3 is 1. The van der Waals surface area contributed by atoms with Crippen LogP contribution in [-0.2, 0) is 9.53 Å². The SMILES string of the molecule is COC=Nc1ccc(NC(C)=O)c(O)c1. The van der Waals surface area contributed by atoms with E-state index in [0.29, 0.717) is 11.4 Å². The fourth-order valence-electron chi connectivity index (χ4n) is 1.01. The van der Waals surface area contributed by atoms with Gasteiger partial charge in [0.2, 0.25) is 5.91 Å². The molecule has 5 nitrogen and oxygen atoms in total. The van der Waals surface area contributed by atoms with Crippen LogP contribution < -0.4 is 5.32 Å². The minimum absolute atomic E-state index is 0.0315. The Hall–Kier alpha value is -2.04. The van der Waals surface area contributed by atoms with Gasteiger partial charge in [-0.15, -0.1) is 0 Å². The molecule has 1 aromatic carbocycles. The maximum absolute atomic E-state index is 10.8. The molecule has 0 saturated carbocycles. The van der Waals surface area contributed by atoms with Gasteiger partial charge in [0.1, 0.15) is 5.75 Å². The summed E-state index contributed by atoms with van der Waals surface area (Å²) in [7, 11) is 1.48. The van der Waals surface area contributed by atoms with Crippen molar-refractivity contribution in [3.63, 3.8) is 0 Å². The topological polar surface area (TPSA) is 70.9 Å². The molecule has 0 aromatic heterocycles. The number of carbonyl (C=O) groups excluding carboxylic acids is 1. The summed E-state index contributed by atoms with van der Waals surface area (Å²) in [5.74, 6) is -0.269. The Morgan fingerprint density at radius 1 is 1.60 bits per heavy atom. The van der Waals surface area contributed by atoms with Crippen molar-refractivity contribution in [3.8, 4) is 5.75 Å². The van der Waals surface area contributed by atoms with E-state index in [9.17, 15) is 9.90 Å². The van der Waals surface area contributed by atoms with Crippen molar-refractivity contribution >= 4 is 23.7 Å². The first-order valence-corrected chi connectivity index (χ1v) is 4.29. The zero-order chi connectivity index (χ0) is 11.3. The van der Waals surface area contributed by atoms with E-state index in [1.54, 1.807) is 12.1 Å². The van der Waals surface area contributed by atoms with Crippen LogP contribution in [0.5, 0.6) is 5.75 Å². The number of carbonyl (C=O) groups is 1. The normalized spacial score (nSPS) is 10.3. The molecule has 15 heavy (non-hydrogen) atoms. The molecule has 0 aliphatic carbocycles. The van der Waals surface area contributed by atoms with Gasteiger partial charge in [-0.2, -0.15) is 0 Å². The fraction of sp³-hybridized carbons (Fsp3) is 0.200. The first-order chi connectivity index (χ1) is 7.13. The van der Waals surface area contributed by atoms with Crippen LogP contribution >= 0.6 is 0 Å². The van der Waals surface area contributed by atoms with Crippen LogP contribution in [0.2, 0.25) is 0 Å². The number of ether oxygens (including phenoxy) is 1. The Morgan fingerprint density at radius 2 is 2.33 bits per heavy atom. The van der Waals surface area contributed by atoms with E-state index in [1.807, 2.05) is 0 Å². The molecule has 1 rings (SSSR count). The highest BCUT2D eigenvalue weighted by atomic mass is 16.5. The predicted molar refractivity (Wildman–Crippen MR) is 57.6 cm³/mol. The van der Waals surface area contributed by atoms with E-state index >= 15 is 0 Å². The average Bonchev–Trinajstić information content (AvgIpc) is 2.18. The Bertz CT molecular complexity index is 388. The monoisotopic (exact) mass is 208 g/mol. The number of aliphatic imine (C=N–C) groups is 1. The van der Waals surface area contributed by atoms with Crippen molar-refractivity contribution in [2.75, 3.05) is 12.4 Å². The second-order valence-corrected chi connectivity index (χ2v) is 2.85. The summed E-state index contributed by atoms with van der Waals surface area (Å²) in [5, 5.41) is 12.0. The Balaban J connectivity index is 2.87. The third kappa shape index (κ3) is 3.30. The van der Waals surface area contributed by atoms with Crippen molar-refractivity contribution in [1.82, 2.24) is 0 Å². The third-order valence-corrected chi connectivity index (χ3v) is 1.60. The molecule has 0 atom stereocenters. The molecule has 0 bridgehead atoms. The summed E-state index contributed by atoms with van der Waals surface area (Å²) >= 11 is 0. The van der Waals surface area contributed by atoms with Crippen molar-refractivity contribution in [1.29, 1.82) is 0 Å². The van der Waals surface area contributed by atoms with Crippen LogP contribution in [0, 0.1) is 0 Å². The number of aromatic hydroxyl groups is 1. The van der Waals surface area contributed by atoms with Crippen LogP contribution in [0.25, 0.3) is 0 Å². The van der Waals surface area contributed by atoms with E-state index in [2.05, 4.69) is 15.0 Å². The molecule has 80 valence electrons. The Labute approximate surface area is 87.4 Å². The number of amides is 1. The molecule has 0 fully saturated rings. The maximum Gasteiger partial charge on any atom is 0.221 e. The summed E-state index contributed by atoms with van der Waals surface area (Å²) in [4.78, 5) is 14.6. The Morgan fingerprint density at radius 3 is 2.87 bits per heavy atom. The summed E-state index contributed by atoms with van der Waals surface area (Å²) in [6, 6.07) is 4.65. The molecule has 5 heteroatoms. The van der Waals surface area contributed by atoms with E-state index in [0.717, 1.165) is 0 Å². The summed E-state index contributed by atoms with van der Waals surface area (Å²) in [5.41, 5.74) is 0.905. The number of benzene rings is 1. The van der Waals surface area contributed by atoms with Gasteiger partial charge in [0.05, 0.1) is 18.5 Å². The summed E-state index contributed by atoms with van der Waals surface area (Å²) < 4.78 is 4.64. The van der Waals surface area contributed by atoms with Gasteiger partial charge in [0.15, 0.2) is 6.40 Å². The van der Waals surface area contributed by atoms with Crippen molar-refractivity contribution < 1.29 is 14.6 Å². The molecule has 1 amide bonds. The van der Waals surface area contributed by atoms with Crippen LogP contribution in [-0.4, -0.2) is 24.5 Å². The number of phenolic OH excluding ortho intramolecular Hbond substituents is 1. The smallest absolute Gasteiger partial charge is 0.221 e. The molecule has 0 aliphatic heterocycles. The number of phenols is 1.